The average Bonchev–Trinajstić information content (AvgIpc) is 2.74. The number of anilines is 1. The Morgan fingerprint density at radius 2 is 2.06 bits per heavy atom. The molecule has 6 heteroatoms. The van der Waals surface area contributed by atoms with Gasteiger partial charge in [0.15, 0.2) is 0 Å². The van der Waals surface area contributed by atoms with E-state index in [1.54, 1.807) is 11.3 Å². The van der Waals surface area contributed by atoms with Crippen molar-refractivity contribution in [1.82, 2.24) is 9.97 Å². The first-order chi connectivity index (χ1) is 8.63. The normalized spacial score (nSPS) is 24.7. The molecule has 0 N–H and O–H groups in total. The summed E-state index contributed by atoms with van der Waals surface area (Å²) in [5, 5.41) is 3.41. The number of hydrogen-bond acceptors (Lipinski definition) is 5. The number of ether oxygens (including phenoxy) is 1. The molecule has 0 aliphatic carbocycles. The van der Waals surface area contributed by atoms with Crippen LogP contribution in [0.2, 0.25) is 5.28 Å². The van der Waals surface area contributed by atoms with Crippen LogP contribution in [0.5, 0.6) is 0 Å². The summed E-state index contributed by atoms with van der Waals surface area (Å²) >= 11 is 7.59. The molecule has 4 nitrogen and oxygen atoms in total. The Balaban J connectivity index is 2.05. The van der Waals surface area contributed by atoms with E-state index in [9.17, 15) is 0 Å². The molecule has 2 atom stereocenters. The van der Waals surface area contributed by atoms with Gasteiger partial charge in [-0.05, 0) is 36.9 Å². The minimum absolute atomic E-state index is 0.205. The quantitative estimate of drug-likeness (QED) is 0.754. The van der Waals surface area contributed by atoms with Crippen LogP contribution in [-0.4, -0.2) is 35.3 Å². The Bertz CT molecular complexity index is 563. The van der Waals surface area contributed by atoms with Crippen LogP contribution in [-0.2, 0) is 4.74 Å². The third-order valence-electron chi connectivity index (χ3n) is 3.00. The molecule has 0 unspecified atom stereocenters. The van der Waals surface area contributed by atoms with Gasteiger partial charge in [0.2, 0.25) is 5.28 Å². The monoisotopic (exact) mass is 283 g/mol. The van der Waals surface area contributed by atoms with Crippen LogP contribution in [0.15, 0.2) is 11.4 Å². The Morgan fingerprint density at radius 1 is 1.33 bits per heavy atom. The fourth-order valence-corrected chi connectivity index (χ4v) is 3.38. The Morgan fingerprint density at radius 3 is 2.78 bits per heavy atom. The van der Waals surface area contributed by atoms with Gasteiger partial charge in [-0.2, -0.15) is 4.98 Å². The molecule has 2 aromatic rings. The SMILES string of the molecule is C[C@@H]1CN(c2nc(Cl)nc3sccc23)C[C@H](C)O1. The topological polar surface area (TPSA) is 38.2 Å². The van der Waals surface area contributed by atoms with Gasteiger partial charge < -0.3 is 9.64 Å². The number of rotatable bonds is 1. The molecule has 3 heterocycles. The van der Waals surface area contributed by atoms with Crippen molar-refractivity contribution in [3.05, 3.63) is 16.7 Å². The fraction of sp³-hybridized carbons (Fsp3) is 0.500. The maximum atomic E-state index is 6.00. The maximum absolute atomic E-state index is 6.00. The van der Waals surface area contributed by atoms with Gasteiger partial charge in [0.25, 0.3) is 0 Å². The molecule has 0 bridgehead atoms. The smallest absolute Gasteiger partial charge is 0.225 e. The average molecular weight is 284 g/mol. The van der Waals surface area contributed by atoms with Crippen LogP contribution in [0.3, 0.4) is 0 Å². The lowest BCUT2D eigenvalue weighted by molar-refractivity contribution is -0.00537. The molecule has 1 fully saturated rings. The van der Waals surface area contributed by atoms with E-state index in [4.69, 9.17) is 16.3 Å². The second-order valence-corrected chi connectivity index (χ2v) is 5.85. The van der Waals surface area contributed by atoms with Crippen molar-refractivity contribution in [2.75, 3.05) is 18.0 Å². The van der Waals surface area contributed by atoms with Crippen molar-refractivity contribution >= 4 is 39.0 Å². The van der Waals surface area contributed by atoms with E-state index in [1.165, 1.54) is 0 Å². The Kier molecular flexibility index (Phi) is 3.13. The minimum Gasteiger partial charge on any atom is -0.372 e. The summed E-state index contributed by atoms with van der Waals surface area (Å²) in [5.41, 5.74) is 0. The number of hydrogen-bond donors (Lipinski definition) is 0. The van der Waals surface area contributed by atoms with E-state index in [2.05, 4.69) is 34.8 Å². The number of halogens is 1. The summed E-state index contributed by atoms with van der Waals surface area (Å²) in [5.74, 6) is 0.924. The van der Waals surface area contributed by atoms with Gasteiger partial charge in [-0.3, -0.25) is 0 Å². The van der Waals surface area contributed by atoms with Crippen molar-refractivity contribution in [3.63, 3.8) is 0 Å². The lowest BCUT2D eigenvalue weighted by Gasteiger charge is -2.36. The van der Waals surface area contributed by atoms with Crippen LogP contribution in [0, 0.1) is 0 Å². The largest absolute Gasteiger partial charge is 0.372 e. The molecule has 3 rings (SSSR count). The molecule has 18 heavy (non-hydrogen) atoms. The first-order valence-electron chi connectivity index (χ1n) is 5.94. The van der Waals surface area contributed by atoms with E-state index >= 15 is 0 Å². The zero-order chi connectivity index (χ0) is 12.7. The number of aromatic nitrogens is 2. The molecule has 0 amide bonds. The first kappa shape index (κ1) is 12.1. The zero-order valence-corrected chi connectivity index (χ0v) is 11.8. The van der Waals surface area contributed by atoms with Crippen molar-refractivity contribution in [1.29, 1.82) is 0 Å². The molecular formula is C12H14ClN3OS. The van der Waals surface area contributed by atoms with Crippen molar-refractivity contribution in [3.8, 4) is 0 Å². The molecule has 0 radical (unpaired) electrons. The zero-order valence-electron chi connectivity index (χ0n) is 10.3. The van der Waals surface area contributed by atoms with E-state index < -0.39 is 0 Å². The molecular weight excluding hydrogens is 270 g/mol. The summed E-state index contributed by atoms with van der Waals surface area (Å²) in [6.07, 6.45) is 0.410. The van der Waals surface area contributed by atoms with E-state index in [0.717, 1.165) is 29.1 Å². The maximum Gasteiger partial charge on any atom is 0.225 e. The summed E-state index contributed by atoms with van der Waals surface area (Å²) < 4.78 is 5.75. The summed E-state index contributed by atoms with van der Waals surface area (Å²) in [6.45, 7) is 5.83. The Labute approximate surface area is 115 Å². The third kappa shape index (κ3) is 2.18. The highest BCUT2D eigenvalue weighted by atomic mass is 35.5. The highest BCUT2D eigenvalue weighted by molar-refractivity contribution is 7.16. The van der Waals surface area contributed by atoms with Crippen LogP contribution in [0.25, 0.3) is 10.2 Å². The first-order valence-corrected chi connectivity index (χ1v) is 7.20. The van der Waals surface area contributed by atoms with E-state index in [0.29, 0.717) is 5.28 Å². The fourth-order valence-electron chi connectivity index (χ4n) is 2.41. The van der Waals surface area contributed by atoms with Gasteiger partial charge in [0.05, 0.1) is 17.6 Å². The molecule has 0 aromatic carbocycles. The van der Waals surface area contributed by atoms with Gasteiger partial charge in [0, 0.05) is 13.1 Å². The molecule has 1 saturated heterocycles. The molecule has 2 aromatic heterocycles. The second kappa shape index (κ2) is 4.64. The van der Waals surface area contributed by atoms with E-state index in [-0.39, 0.29) is 12.2 Å². The molecule has 96 valence electrons. The third-order valence-corrected chi connectivity index (χ3v) is 3.97. The van der Waals surface area contributed by atoms with Gasteiger partial charge in [-0.15, -0.1) is 11.3 Å². The van der Waals surface area contributed by atoms with Gasteiger partial charge in [-0.1, -0.05) is 0 Å². The number of morpholine rings is 1. The van der Waals surface area contributed by atoms with Crippen LogP contribution in [0.1, 0.15) is 13.8 Å². The van der Waals surface area contributed by atoms with Gasteiger partial charge in [0.1, 0.15) is 10.6 Å². The lowest BCUT2D eigenvalue weighted by atomic mass is 10.2. The number of thiophene rings is 1. The summed E-state index contributed by atoms with van der Waals surface area (Å²) in [7, 11) is 0. The molecule has 0 saturated carbocycles. The minimum atomic E-state index is 0.205. The van der Waals surface area contributed by atoms with Crippen LogP contribution < -0.4 is 4.90 Å². The van der Waals surface area contributed by atoms with E-state index in [1.807, 2.05) is 5.38 Å². The van der Waals surface area contributed by atoms with Crippen LogP contribution >= 0.6 is 22.9 Å². The standard InChI is InChI=1S/C12H14ClN3OS/c1-7-5-16(6-8(2)17-7)10-9-3-4-18-11(9)15-12(13)14-10/h3-4,7-8H,5-6H2,1-2H3/t7-,8+. The van der Waals surface area contributed by atoms with Crippen molar-refractivity contribution < 1.29 is 4.74 Å². The summed E-state index contributed by atoms with van der Waals surface area (Å²) in [6, 6.07) is 2.05. The second-order valence-electron chi connectivity index (χ2n) is 4.62. The predicted molar refractivity (Wildman–Crippen MR) is 74.6 cm³/mol. The number of fused-ring (bicyclic) bond motifs is 1. The number of nitrogens with zero attached hydrogens (tertiary/aromatic N) is 3. The van der Waals surface area contributed by atoms with Crippen molar-refractivity contribution in [2.24, 2.45) is 0 Å². The molecule has 0 spiro atoms. The predicted octanol–water partition coefficient (Wildman–Crippen LogP) is 2.96. The lowest BCUT2D eigenvalue weighted by Crippen LogP contribution is -2.45. The Hall–Kier alpha value is -0.910. The highest BCUT2D eigenvalue weighted by Gasteiger charge is 2.25. The van der Waals surface area contributed by atoms with Crippen LogP contribution in [0.4, 0.5) is 5.82 Å². The molecule has 1 aliphatic rings. The van der Waals surface area contributed by atoms with Crippen molar-refractivity contribution in [2.45, 2.75) is 26.1 Å². The highest BCUT2D eigenvalue weighted by Crippen LogP contribution is 2.30. The van der Waals surface area contributed by atoms with Gasteiger partial charge >= 0.3 is 0 Å². The molecule has 1 aliphatic heterocycles. The van der Waals surface area contributed by atoms with Gasteiger partial charge in [-0.25, -0.2) is 4.98 Å². The summed E-state index contributed by atoms with van der Waals surface area (Å²) in [4.78, 5) is 11.8.